The Bertz CT molecular complexity index is 435. The van der Waals surface area contributed by atoms with Crippen LogP contribution < -0.4 is 0 Å². The minimum absolute atomic E-state index is 0.0559. The molecule has 0 saturated carbocycles. The Morgan fingerprint density at radius 1 is 1.63 bits per heavy atom. The monoisotopic (exact) mass is 284 g/mol. The highest BCUT2D eigenvalue weighted by Gasteiger charge is 2.30. The number of methoxy groups -OCH3 is 1. The van der Waals surface area contributed by atoms with Crippen LogP contribution in [0.3, 0.4) is 0 Å². The van der Waals surface area contributed by atoms with Gasteiger partial charge in [-0.3, -0.25) is 4.90 Å². The average Bonchev–Trinajstić information content (AvgIpc) is 2.80. The zero-order valence-electron chi connectivity index (χ0n) is 11.6. The first kappa shape index (κ1) is 14.4. The van der Waals surface area contributed by atoms with E-state index in [-0.39, 0.29) is 12.1 Å². The topological polar surface area (TPSA) is 51.7 Å². The van der Waals surface area contributed by atoms with E-state index < -0.39 is 6.10 Å². The number of aryl methyl sites for hydroxylation is 1. The third-order valence-corrected chi connectivity index (χ3v) is 4.29. The first-order chi connectivity index (χ1) is 9.10. The maximum Gasteiger partial charge on any atom is 0.336 e. The molecule has 2 atom stereocenters. The van der Waals surface area contributed by atoms with E-state index in [1.54, 1.807) is 11.3 Å². The zero-order valence-corrected chi connectivity index (χ0v) is 12.4. The molecule has 1 aromatic rings. The van der Waals surface area contributed by atoms with Crippen molar-refractivity contribution in [1.29, 1.82) is 0 Å². The van der Waals surface area contributed by atoms with E-state index in [0.29, 0.717) is 6.54 Å². The summed E-state index contributed by atoms with van der Waals surface area (Å²) in [6.07, 6.45) is 0.564. The Kier molecular flexibility index (Phi) is 4.90. The highest BCUT2D eigenvalue weighted by molar-refractivity contribution is 7.09. The van der Waals surface area contributed by atoms with Crippen LogP contribution in [-0.4, -0.2) is 54.8 Å². The van der Waals surface area contributed by atoms with Crippen LogP contribution in [0.4, 0.5) is 0 Å². The molecule has 0 amide bonds. The Morgan fingerprint density at radius 2 is 2.42 bits per heavy atom. The van der Waals surface area contributed by atoms with Gasteiger partial charge in [-0.15, -0.1) is 11.3 Å². The number of carbonyl (C=O) groups excluding carboxylic acids is 1. The SMILES string of the molecule is COC(=O)[C@H]1CN(CCc2scnc2C)C[C@@H](C)O1. The fourth-order valence-electron chi connectivity index (χ4n) is 2.31. The largest absolute Gasteiger partial charge is 0.467 e. The summed E-state index contributed by atoms with van der Waals surface area (Å²) in [5.41, 5.74) is 2.99. The minimum atomic E-state index is -0.462. The summed E-state index contributed by atoms with van der Waals surface area (Å²) >= 11 is 1.69. The molecule has 106 valence electrons. The molecule has 1 fully saturated rings. The van der Waals surface area contributed by atoms with Gasteiger partial charge in [0.05, 0.1) is 24.4 Å². The van der Waals surface area contributed by atoms with Gasteiger partial charge in [-0.2, -0.15) is 0 Å². The molecule has 5 nitrogen and oxygen atoms in total. The summed E-state index contributed by atoms with van der Waals surface area (Å²) in [6.45, 7) is 6.40. The quantitative estimate of drug-likeness (QED) is 0.779. The van der Waals surface area contributed by atoms with Gasteiger partial charge in [0.2, 0.25) is 0 Å². The van der Waals surface area contributed by atoms with Gasteiger partial charge in [0.1, 0.15) is 0 Å². The maximum absolute atomic E-state index is 11.6. The Labute approximate surface area is 117 Å². The van der Waals surface area contributed by atoms with E-state index in [4.69, 9.17) is 9.47 Å². The van der Waals surface area contributed by atoms with Crippen molar-refractivity contribution in [2.24, 2.45) is 0 Å². The van der Waals surface area contributed by atoms with Gasteiger partial charge in [-0.25, -0.2) is 9.78 Å². The Balaban J connectivity index is 1.89. The van der Waals surface area contributed by atoms with Crippen LogP contribution in [0.1, 0.15) is 17.5 Å². The number of esters is 1. The van der Waals surface area contributed by atoms with Crippen molar-refractivity contribution >= 4 is 17.3 Å². The second kappa shape index (κ2) is 6.45. The van der Waals surface area contributed by atoms with Crippen molar-refractivity contribution in [2.45, 2.75) is 32.5 Å². The van der Waals surface area contributed by atoms with Crippen LogP contribution >= 0.6 is 11.3 Å². The molecule has 0 bridgehead atoms. The first-order valence-corrected chi connectivity index (χ1v) is 7.32. The van der Waals surface area contributed by atoms with Gasteiger partial charge in [-0.05, 0) is 20.3 Å². The fourth-order valence-corrected chi connectivity index (χ4v) is 3.08. The molecule has 2 rings (SSSR count). The number of morpholine rings is 1. The van der Waals surface area contributed by atoms with Gasteiger partial charge in [0, 0.05) is 24.5 Å². The number of ether oxygens (including phenoxy) is 2. The number of thiazole rings is 1. The molecule has 0 aliphatic carbocycles. The van der Waals surface area contributed by atoms with Crippen LogP contribution in [0, 0.1) is 6.92 Å². The molecule has 0 N–H and O–H groups in total. The van der Waals surface area contributed by atoms with Crippen molar-refractivity contribution in [2.75, 3.05) is 26.7 Å². The van der Waals surface area contributed by atoms with E-state index in [9.17, 15) is 4.79 Å². The third kappa shape index (κ3) is 3.75. The molecule has 1 aliphatic heterocycles. The molecule has 2 heterocycles. The number of carbonyl (C=O) groups is 1. The number of nitrogens with zero attached hydrogens (tertiary/aromatic N) is 2. The second-order valence-electron chi connectivity index (χ2n) is 4.83. The molecule has 0 spiro atoms. The lowest BCUT2D eigenvalue weighted by Gasteiger charge is -2.35. The molecular formula is C13H20N2O3S. The highest BCUT2D eigenvalue weighted by atomic mass is 32.1. The predicted octanol–water partition coefficient (Wildman–Crippen LogP) is 1.26. The predicted molar refractivity (Wildman–Crippen MR) is 73.3 cm³/mol. The molecule has 1 saturated heterocycles. The van der Waals surface area contributed by atoms with Crippen molar-refractivity contribution in [3.8, 4) is 0 Å². The van der Waals surface area contributed by atoms with Gasteiger partial charge >= 0.3 is 5.97 Å². The summed E-state index contributed by atoms with van der Waals surface area (Å²) in [6, 6.07) is 0. The molecular weight excluding hydrogens is 264 g/mol. The first-order valence-electron chi connectivity index (χ1n) is 6.44. The van der Waals surface area contributed by atoms with E-state index in [1.807, 2.05) is 19.4 Å². The third-order valence-electron chi connectivity index (χ3n) is 3.30. The summed E-state index contributed by atoms with van der Waals surface area (Å²) in [5.74, 6) is -0.287. The zero-order chi connectivity index (χ0) is 13.8. The minimum Gasteiger partial charge on any atom is -0.467 e. The summed E-state index contributed by atoms with van der Waals surface area (Å²) in [7, 11) is 1.40. The number of aromatic nitrogens is 1. The van der Waals surface area contributed by atoms with Crippen LogP contribution in [0.15, 0.2) is 5.51 Å². The molecule has 6 heteroatoms. The van der Waals surface area contributed by atoms with Crippen molar-refractivity contribution < 1.29 is 14.3 Å². The normalized spacial score (nSPS) is 24.4. The molecule has 0 aromatic carbocycles. The molecule has 0 radical (unpaired) electrons. The molecule has 1 aromatic heterocycles. The van der Waals surface area contributed by atoms with Crippen LogP contribution in [0.25, 0.3) is 0 Å². The summed E-state index contributed by atoms with van der Waals surface area (Å²) in [4.78, 5) is 19.4. The van der Waals surface area contributed by atoms with Crippen LogP contribution in [-0.2, 0) is 20.7 Å². The van der Waals surface area contributed by atoms with Gasteiger partial charge in [-0.1, -0.05) is 0 Å². The van der Waals surface area contributed by atoms with Gasteiger partial charge in [0.25, 0.3) is 0 Å². The fraction of sp³-hybridized carbons (Fsp3) is 0.692. The number of rotatable bonds is 4. The van der Waals surface area contributed by atoms with E-state index in [0.717, 1.165) is 25.2 Å². The van der Waals surface area contributed by atoms with Crippen LogP contribution in [0.2, 0.25) is 0 Å². The second-order valence-corrected chi connectivity index (χ2v) is 5.77. The Morgan fingerprint density at radius 3 is 3.05 bits per heavy atom. The average molecular weight is 284 g/mol. The van der Waals surface area contributed by atoms with E-state index in [2.05, 4.69) is 9.88 Å². The lowest BCUT2D eigenvalue weighted by atomic mass is 10.2. The highest BCUT2D eigenvalue weighted by Crippen LogP contribution is 2.16. The Hall–Kier alpha value is -0.980. The number of hydrogen-bond acceptors (Lipinski definition) is 6. The summed E-state index contributed by atoms with van der Waals surface area (Å²) < 4.78 is 10.4. The van der Waals surface area contributed by atoms with Crippen molar-refractivity contribution in [3.05, 3.63) is 16.1 Å². The molecule has 1 aliphatic rings. The molecule has 19 heavy (non-hydrogen) atoms. The maximum atomic E-state index is 11.6. The summed E-state index contributed by atoms with van der Waals surface area (Å²) in [5, 5.41) is 0. The van der Waals surface area contributed by atoms with E-state index >= 15 is 0 Å². The molecule has 0 unspecified atom stereocenters. The van der Waals surface area contributed by atoms with Crippen LogP contribution in [0.5, 0.6) is 0 Å². The van der Waals surface area contributed by atoms with E-state index in [1.165, 1.54) is 12.0 Å². The van der Waals surface area contributed by atoms with Crippen molar-refractivity contribution in [1.82, 2.24) is 9.88 Å². The lowest BCUT2D eigenvalue weighted by Crippen LogP contribution is -2.50. The smallest absolute Gasteiger partial charge is 0.336 e. The van der Waals surface area contributed by atoms with Gasteiger partial charge in [0.15, 0.2) is 6.10 Å². The van der Waals surface area contributed by atoms with Gasteiger partial charge < -0.3 is 9.47 Å². The van der Waals surface area contributed by atoms with Crippen molar-refractivity contribution in [3.63, 3.8) is 0 Å². The lowest BCUT2D eigenvalue weighted by molar-refractivity contribution is -0.166. The standard InChI is InChI=1S/C13H20N2O3S/c1-9-6-15(7-11(18-9)13(16)17-3)5-4-12-10(2)14-8-19-12/h8-9,11H,4-7H2,1-3H3/t9-,11-/m1/s1. The number of hydrogen-bond donors (Lipinski definition) is 0.